The van der Waals surface area contributed by atoms with E-state index in [4.69, 9.17) is 9.26 Å². The van der Waals surface area contributed by atoms with E-state index in [9.17, 15) is 14.4 Å². The molecular formula is C30H32N2O5. The normalized spacial score (nSPS) is 12.4. The Bertz CT molecular complexity index is 1320. The molecule has 1 atom stereocenters. The lowest BCUT2D eigenvalue weighted by atomic mass is 9.99. The summed E-state index contributed by atoms with van der Waals surface area (Å²) in [5, 5.41) is 3.93. The zero-order chi connectivity index (χ0) is 26.9. The SMILES string of the molecule is C/C=C/c1cc(C(=O)N(C)C)ccc1OCC(/C=C(/C)C(=O)c1cc(Cc2ccccc2)on1)C(C)=O. The Labute approximate surface area is 217 Å². The number of rotatable bonds is 11. The lowest BCUT2D eigenvalue weighted by molar-refractivity contribution is -0.120. The summed E-state index contributed by atoms with van der Waals surface area (Å²) in [6.07, 6.45) is 5.82. The molecule has 0 saturated carbocycles. The minimum atomic E-state index is -0.638. The minimum Gasteiger partial charge on any atom is -0.492 e. The zero-order valence-corrected chi connectivity index (χ0v) is 21.9. The molecule has 3 aromatic rings. The van der Waals surface area contributed by atoms with E-state index >= 15 is 0 Å². The van der Waals surface area contributed by atoms with Gasteiger partial charge < -0.3 is 14.2 Å². The Hall–Kier alpha value is -4.26. The Morgan fingerprint density at radius 3 is 2.43 bits per heavy atom. The second-order valence-corrected chi connectivity index (χ2v) is 9.00. The van der Waals surface area contributed by atoms with Gasteiger partial charge in [0.25, 0.3) is 5.91 Å². The predicted octanol–water partition coefficient (Wildman–Crippen LogP) is 5.41. The number of amides is 1. The predicted molar refractivity (Wildman–Crippen MR) is 143 cm³/mol. The number of hydrogen-bond acceptors (Lipinski definition) is 6. The summed E-state index contributed by atoms with van der Waals surface area (Å²) in [6.45, 7) is 5.03. The van der Waals surface area contributed by atoms with Crippen LogP contribution in [0.2, 0.25) is 0 Å². The van der Waals surface area contributed by atoms with Gasteiger partial charge in [-0.2, -0.15) is 0 Å². The van der Waals surface area contributed by atoms with Crippen LogP contribution in [-0.4, -0.2) is 48.2 Å². The van der Waals surface area contributed by atoms with Crippen molar-refractivity contribution in [2.45, 2.75) is 27.2 Å². The first-order valence-electron chi connectivity index (χ1n) is 12.0. The molecule has 0 saturated heterocycles. The quantitative estimate of drug-likeness (QED) is 0.258. The van der Waals surface area contributed by atoms with Gasteiger partial charge in [0.1, 0.15) is 23.9 Å². The standard InChI is InChI=1S/C30H32N2O5/c1-6-10-23-17-24(30(35)32(4)5)13-14-28(23)36-19-25(21(3)33)15-20(2)29(34)27-18-26(37-31-27)16-22-11-8-7-9-12-22/h6-15,17-18,25H,16,19H2,1-5H3/b10-6+,20-15-. The van der Waals surface area contributed by atoms with Gasteiger partial charge in [0.2, 0.25) is 5.78 Å². The summed E-state index contributed by atoms with van der Waals surface area (Å²) < 4.78 is 11.3. The van der Waals surface area contributed by atoms with Gasteiger partial charge >= 0.3 is 0 Å². The topological polar surface area (TPSA) is 89.7 Å². The van der Waals surface area contributed by atoms with Crippen LogP contribution in [-0.2, 0) is 11.2 Å². The van der Waals surface area contributed by atoms with Gasteiger partial charge in [0.15, 0.2) is 5.69 Å². The van der Waals surface area contributed by atoms with E-state index < -0.39 is 5.92 Å². The largest absolute Gasteiger partial charge is 0.492 e. The maximum absolute atomic E-state index is 13.0. The Morgan fingerprint density at radius 2 is 1.78 bits per heavy atom. The van der Waals surface area contributed by atoms with Crippen LogP contribution in [0.5, 0.6) is 5.75 Å². The van der Waals surface area contributed by atoms with Crippen molar-refractivity contribution < 1.29 is 23.6 Å². The molecule has 0 aliphatic carbocycles. The van der Waals surface area contributed by atoms with Gasteiger partial charge in [-0.25, -0.2) is 0 Å². The molecule has 2 aromatic carbocycles. The number of carbonyl (C=O) groups excluding carboxylic acids is 3. The van der Waals surface area contributed by atoms with Crippen LogP contribution in [0.25, 0.3) is 6.08 Å². The number of aromatic nitrogens is 1. The fraction of sp³-hybridized carbons (Fsp3) is 0.267. The molecule has 0 fully saturated rings. The van der Waals surface area contributed by atoms with E-state index in [-0.39, 0.29) is 29.8 Å². The van der Waals surface area contributed by atoms with Crippen LogP contribution in [0.3, 0.4) is 0 Å². The van der Waals surface area contributed by atoms with Gasteiger partial charge in [-0.1, -0.05) is 53.7 Å². The fourth-order valence-electron chi connectivity index (χ4n) is 3.72. The van der Waals surface area contributed by atoms with E-state index in [0.717, 1.165) is 11.1 Å². The second kappa shape index (κ2) is 12.6. The molecule has 7 heteroatoms. The molecule has 0 aliphatic rings. The summed E-state index contributed by atoms with van der Waals surface area (Å²) in [6, 6.07) is 16.6. The molecule has 1 aromatic heterocycles. The van der Waals surface area contributed by atoms with Crippen molar-refractivity contribution in [2.24, 2.45) is 5.92 Å². The fourth-order valence-corrected chi connectivity index (χ4v) is 3.72. The second-order valence-electron chi connectivity index (χ2n) is 9.00. The first kappa shape index (κ1) is 27.3. The van der Waals surface area contributed by atoms with Crippen LogP contribution in [0.1, 0.15) is 58.5 Å². The Morgan fingerprint density at radius 1 is 1.05 bits per heavy atom. The summed E-state index contributed by atoms with van der Waals surface area (Å²) in [7, 11) is 3.39. The highest BCUT2D eigenvalue weighted by Gasteiger charge is 2.20. The summed E-state index contributed by atoms with van der Waals surface area (Å²) in [4.78, 5) is 39.1. The van der Waals surface area contributed by atoms with E-state index in [2.05, 4.69) is 5.16 Å². The van der Waals surface area contributed by atoms with Crippen molar-refractivity contribution in [3.63, 3.8) is 0 Å². The molecule has 1 heterocycles. The smallest absolute Gasteiger partial charge is 0.253 e. The molecule has 192 valence electrons. The van der Waals surface area contributed by atoms with E-state index in [0.29, 0.717) is 29.1 Å². The average molecular weight is 501 g/mol. The molecule has 1 amide bonds. The van der Waals surface area contributed by atoms with Crippen molar-refractivity contribution in [3.05, 3.63) is 100 Å². The molecule has 0 bridgehead atoms. The molecule has 37 heavy (non-hydrogen) atoms. The van der Waals surface area contributed by atoms with Crippen LogP contribution < -0.4 is 4.74 Å². The zero-order valence-electron chi connectivity index (χ0n) is 21.9. The first-order valence-corrected chi connectivity index (χ1v) is 12.0. The number of carbonyl (C=O) groups is 3. The number of Topliss-reactive ketones (excluding diaryl/α,β-unsaturated/α-hetero) is 2. The molecule has 0 radical (unpaired) electrons. The first-order chi connectivity index (χ1) is 17.7. The maximum Gasteiger partial charge on any atom is 0.253 e. The van der Waals surface area contributed by atoms with Gasteiger partial charge in [-0.3, -0.25) is 14.4 Å². The lowest BCUT2D eigenvalue weighted by Crippen LogP contribution is -2.22. The number of allylic oxidation sites excluding steroid dienone is 2. The van der Waals surface area contributed by atoms with Gasteiger partial charge in [0, 0.05) is 37.7 Å². The van der Waals surface area contributed by atoms with Crippen molar-refractivity contribution in [3.8, 4) is 5.75 Å². The molecule has 0 aliphatic heterocycles. The third-order valence-electron chi connectivity index (χ3n) is 5.77. The third-order valence-corrected chi connectivity index (χ3v) is 5.77. The molecule has 0 spiro atoms. The number of hydrogen-bond donors (Lipinski definition) is 0. The highest BCUT2D eigenvalue weighted by atomic mass is 16.5. The highest BCUT2D eigenvalue weighted by molar-refractivity contribution is 6.07. The summed E-state index contributed by atoms with van der Waals surface area (Å²) in [5.74, 6) is -0.0722. The van der Waals surface area contributed by atoms with Crippen LogP contribution in [0.15, 0.2) is 76.8 Å². The highest BCUT2D eigenvalue weighted by Crippen LogP contribution is 2.24. The van der Waals surface area contributed by atoms with E-state index in [1.54, 1.807) is 51.4 Å². The van der Waals surface area contributed by atoms with Crippen LogP contribution in [0.4, 0.5) is 0 Å². The van der Waals surface area contributed by atoms with Crippen molar-refractivity contribution in [1.82, 2.24) is 10.1 Å². The molecule has 0 N–H and O–H groups in total. The number of ketones is 2. The molecule has 1 unspecified atom stereocenters. The lowest BCUT2D eigenvalue weighted by Gasteiger charge is -2.16. The Kier molecular flexibility index (Phi) is 9.33. The van der Waals surface area contributed by atoms with Crippen LogP contribution in [0, 0.1) is 5.92 Å². The van der Waals surface area contributed by atoms with E-state index in [1.807, 2.05) is 49.4 Å². The minimum absolute atomic E-state index is 0.0452. The maximum atomic E-state index is 13.0. The van der Waals surface area contributed by atoms with Crippen molar-refractivity contribution in [1.29, 1.82) is 0 Å². The van der Waals surface area contributed by atoms with Crippen molar-refractivity contribution >= 4 is 23.5 Å². The average Bonchev–Trinajstić information content (AvgIpc) is 3.34. The van der Waals surface area contributed by atoms with E-state index in [1.165, 1.54) is 11.8 Å². The summed E-state index contributed by atoms with van der Waals surface area (Å²) in [5.41, 5.74) is 2.88. The van der Waals surface area contributed by atoms with Crippen molar-refractivity contribution in [2.75, 3.05) is 20.7 Å². The molecule has 3 rings (SSSR count). The van der Waals surface area contributed by atoms with Crippen LogP contribution >= 0.6 is 0 Å². The molecular weight excluding hydrogens is 468 g/mol. The third kappa shape index (κ3) is 7.36. The Balaban J connectivity index is 1.73. The monoisotopic (exact) mass is 500 g/mol. The van der Waals surface area contributed by atoms with Gasteiger partial charge in [0.05, 0.1) is 5.92 Å². The number of benzene rings is 2. The van der Waals surface area contributed by atoms with Gasteiger partial charge in [-0.15, -0.1) is 0 Å². The summed E-state index contributed by atoms with van der Waals surface area (Å²) >= 11 is 0. The molecule has 7 nitrogen and oxygen atoms in total. The number of nitrogens with zero attached hydrogens (tertiary/aromatic N) is 2. The number of ether oxygens (including phenoxy) is 1. The van der Waals surface area contributed by atoms with Gasteiger partial charge in [-0.05, 0) is 50.1 Å².